The van der Waals surface area contributed by atoms with Gasteiger partial charge in [-0.05, 0) is 27.7 Å². The SMILES string of the molecule is Cc1cc(N)nn1CC(=O)NC(C)(C)C. The normalized spacial score (nSPS) is 11.5. The van der Waals surface area contributed by atoms with Gasteiger partial charge in [-0.2, -0.15) is 5.10 Å². The van der Waals surface area contributed by atoms with Gasteiger partial charge in [-0.3, -0.25) is 9.48 Å². The zero-order chi connectivity index (χ0) is 11.6. The van der Waals surface area contributed by atoms with Crippen LogP contribution in [-0.2, 0) is 11.3 Å². The fourth-order valence-electron chi connectivity index (χ4n) is 1.29. The summed E-state index contributed by atoms with van der Waals surface area (Å²) in [6.07, 6.45) is 0. The van der Waals surface area contributed by atoms with E-state index in [2.05, 4.69) is 10.4 Å². The molecule has 0 bridgehead atoms. The lowest BCUT2D eigenvalue weighted by Crippen LogP contribution is -2.42. The highest BCUT2D eigenvalue weighted by atomic mass is 16.2. The zero-order valence-electron chi connectivity index (χ0n) is 9.66. The van der Waals surface area contributed by atoms with Crippen LogP contribution in [0.1, 0.15) is 26.5 Å². The number of aromatic nitrogens is 2. The number of hydrogen-bond donors (Lipinski definition) is 2. The van der Waals surface area contributed by atoms with E-state index in [0.29, 0.717) is 5.82 Å². The number of aryl methyl sites for hydroxylation is 1. The van der Waals surface area contributed by atoms with E-state index in [0.717, 1.165) is 5.69 Å². The summed E-state index contributed by atoms with van der Waals surface area (Å²) < 4.78 is 1.59. The average molecular weight is 210 g/mol. The predicted molar refractivity (Wildman–Crippen MR) is 59.3 cm³/mol. The molecule has 0 unspecified atom stereocenters. The van der Waals surface area contributed by atoms with Gasteiger partial charge in [0.05, 0.1) is 0 Å². The van der Waals surface area contributed by atoms with Crippen molar-refractivity contribution in [1.82, 2.24) is 15.1 Å². The number of nitrogen functional groups attached to an aromatic ring is 1. The third kappa shape index (κ3) is 3.61. The summed E-state index contributed by atoms with van der Waals surface area (Å²) in [5, 5.41) is 6.88. The zero-order valence-corrected chi connectivity index (χ0v) is 9.66. The van der Waals surface area contributed by atoms with Crippen molar-refractivity contribution in [2.24, 2.45) is 0 Å². The summed E-state index contributed by atoms with van der Waals surface area (Å²) in [7, 11) is 0. The molecule has 0 saturated heterocycles. The van der Waals surface area contributed by atoms with E-state index < -0.39 is 0 Å². The van der Waals surface area contributed by atoms with Crippen LogP contribution in [-0.4, -0.2) is 21.2 Å². The molecule has 5 nitrogen and oxygen atoms in total. The van der Waals surface area contributed by atoms with E-state index in [4.69, 9.17) is 5.73 Å². The Morgan fingerprint density at radius 3 is 2.60 bits per heavy atom. The Morgan fingerprint density at radius 2 is 2.20 bits per heavy atom. The minimum absolute atomic E-state index is 0.0614. The first-order chi connectivity index (χ1) is 6.78. The van der Waals surface area contributed by atoms with Crippen LogP contribution in [0.15, 0.2) is 6.07 Å². The van der Waals surface area contributed by atoms with Crippen LogP contribution < -0.4 is 11.1 Å². The van der Waals surface area contributed by atoms with E-state index in [1.807, 2.05) is 27.7 Å². The highest BCUT2D eigenvalue weighted by molar-refractivity contribution is 5.76. The van der Waals surface area contributed by atoms with Gasteiger partial charge in [0.15, 0.2) is 0 Å². The number of anilines is 1. The topological polar surface area (TPSA) is 72.9 Å². The van der Waals surface area contributed by atoms with Crippen molar-refractivity contribution in [2.75, 3.05) is 5.73 Å². The second-order valence-electron chi connectivity index (χ2n) is 4.67. The van der Waals surface area contributed by atoms with Crippen molar-refractivity contribution >= 4 is 11.7 Å². The standard InChI is InChI=1S/C10H18N4O/c1-7-5-8(11)13-14(7)6-9(15)12-10(2,3)4/h5H,6H2,1-4H3,(H2,11,13)(H,12,15). The molecule has 0 aliphatic heterocycles. The molecule has 1 aromatic rings. The van der Waals surface area contributed by atoms with Crippen LogP contribution in [0, 0.1) is 6.92 Å². The van der Waals surface area contributed by atoms with Crippen molar-refractivity contribution < 1.29 is 4.79 Å². The molecule has 84 valence electrons. The number of nitrogens with two attached hydrogens (primary N) is 1. The monoisotopic (exact) mass is 210 g/mol. The molecule has 3 N–H and O–H groups in total. The Balaban J connectivity index is 2.63. The fourth-order valence-corrected chi connectivity index (χ4v) is 1.29. The smallest absolute Gasteiger partial charge is 0.242 e. The lowest BCUT2D eigenvalue weighted by molar-refractivity contribution is -0.123. The van der Waals surface area contributed by atoms with Gasteiger partial charge in [-0.25, -0.2) is 0 Å². The van der Waals surface area contributed by atoms with Crippen LogP contribution in [0.25, 0.3) is 0 Å². The van der Waals surface area contributed by atoms with Crippen LogP contribution in [0.2, 0.25) is 0 Å². The molecule has 0 saturated carbocycles. The third-order valence-corrected chi connectivity index (χ3v) is 1.81. The average Bonchev–Trinajstić information content (AvgIpc) is 2.25. The molecule has 1 amide bonds. The van der Waals surface area contributed by atoms with E-state index in [1.54, 1.807) is 10.7 Å². The maximum atomic E-state index is 11.6. The minimum atomic E-state index is -0.219. The summed E-state index contributed by atoms with van der Waals surface area (Å²) in [5.74, 6) is 0.379. The molecule has 0 fully saturated rings. The number of amides is 1. The van der Waals surface area contributed by atoms with Crippen molar-refractivity contribution in [3.05, 3.63) is 11.8 Å². The van der Waals surface area contributed by atoms with Crippen LogP contribution in [0.4, 0.5) is 5.82 Å². The largest absolute Gasteiger partial charge is 0.382 e. The molecule has 5 heteroatoms. The van der Waals surface area contributed by atoms with Crippen molar-refractivity contribution in [3.8, 4) is 0 Å². The summed E-state index contributed by atoms with van der Waals surface area (Å²) in [6.45, 7) is 7.90. The van der Waals surface area contributed by atoms with E-state index >= 15 is 0 Å². The van der Waals surface area contributed by atoms with Crippen molar-refractivity contribution in [1.29, 1.82) is 0 Å². The highest BCUT2D eigenvalue weighted by Gasteiger charge is 2.14. The van der Waals surface area contributed by atoms with Gasteiger partial charge in [0.1, 0.15) is 12.4 Å². The Morgan fingerprint density at radius 1 is 1.60 bits per heavy atom. The lowest BCUT2D eigenvalue weighted by Gasteiger charge is -2.20. The molecule has 1 heterocycles. The Labute approximate surface area is 89.6 Å². The number of hydrogen-bond acceptors (Lipinski definition) is 3. The summed E-state index contributed by atoms with van der Waals surface area (Å²) in [4.78, 5) is 11.6. The van der Waals surface area contributed by atoms with E-state index in [9.17, 15) is 4.79 Å². The Kier molecular flexibility index (Phi) is 3.02. The maximum absolute atomic E-state index is 11.6. The molecule has 0 radical (unpaired) electrons. The second kappa shape index (κ2) is 3.92. The van der Waals surface area contributed by atoms with Gasteiger partial charge in [-0.15, -0.1) is 0 Å². The van der Waals surface area contributed by atoms with Crippen LogP contribution >= 0.6 is 0 Å². The molecule has 15 heavy (non-hydrogen) atoms. The van der Waals surface area contributed by atoms with Crippen molar-refractivity contribution in [2.45, 2.75) is 39.8 Å². The quantitative estimate of drug-likeness (QED) is 0.754. The number of carbonyl (C=O) groups is 1. The molecular weight excluding hydrogens is 192 g/mol. The molecule has 0 atom stereocenters. The van der Waals surface area contributed by atoms with E-state index in [1.165, 1.54) is 0 Å². The Hall–Kier alpha value is -1.52. The van der Waals surface area contributed by atoms with E-state index in [-0.39, 0.29) is 18.0 Å². The van der Waals surface area contributed by atoms with Crippen molar-refractivity contribution in [3.63, 3.8) is 0 Å². The first kappa shape index (κ1) is 11.6. The fraction of sp³-hybridized carbons (Fsp3) is 0.600. The maximum Gasteiger partial charge on any atom is 0.242 e. The first-order valence-electron chi connectivity index (χ1n) is 4.89. The number of nitrogens with one attached hydrogen (secondary N) is 1. The molecule has 0 aliphatic carbocycles. The van der Waals surface area contributed by atoms with Gasteiger partial charge >= 0.3 is 0 Å². The lowest BCUT2D eigenvalue weighted by atomic mass is 10.1. The summed E-state index contributed by atoms with van der Waals surface area (Å²) in [6, 6.07) is 1.74. The molecule has 1 aromatic heterocycles. The highest BCUT2D eigenvalue weighted by Crippen LogP contribution is 2.04. The first-order valence-corrected chi connectivity index (χ1v) is 4.89. The summed E-state index contributed by atoms with van der Waals surface area (Å²) >= 11 is 0. The second-order valence-corrected chi connectivity index (χ2v) is 4.67. The molecule has 1 rings (SSSR count). The molecule has 0 aliphatic rings. The molecule has 0 aromatic carbocycles. The van der Waals surface area contributed by atoms with Gasteiger partial charge in [0.2, 0.25) is 5.91 Å². The summed E-state index contributed by atoms with van der Waals surface area (Å²) in [5.41, 5.74) is 6.19. The van der Waals surface area contributed by atoms with Gasteiger partial charge in [-0.1, -0.05) is 0 Å². The number of rotatable bonds is 2. The number of nitrogens with zero attached hydrogens (tertiary/aromatic N) is 2. The van der Waals surface area contributed by atoms with Gasteiger partial charge in [0.25, 0.3) is 0 Å². The Bertz CT molecular complexity index is 362. The van der Waals surface area contributed by atoms with Crippen LogP contribution in [0.5, 0.6) is 0 Å². The molecular formula is C10H18N4O. The predicted octanol–water partition coefficient (Wildman–Crippen LogP) is 0.688. The third-order valence-electron chi connectivity index (χ3n) is 1.81. The van der Waals surface area contributed by atoms with Gasteiger partial charge < -0.3 is 11.1 Å². The van der Waals surface area contributed by atoms with Gasteiger partial charge in [0, 0.05) is 17.3 Å². The molecule has 0 spiro atoms. The van der Waals surface area contributed by atoms with Crippen LogP contribution in [0.3, 0.4) is 0 Å². The number of carbonyl (C=O) groups excluding carboxylic acids is 1. The minimum Gasteiger partial charge on any atom is -0.382 e.